The number of aliphatic hydroxyl groups excluding tert-OH is 3. The highest BCUT2D eigenvalue weighted by Crippen LogP contribution is 2.41. The molecule has 6 nitrogen and oxygen atoms in total. The van der Waals surface area contributed by atoms with Crippen LogP contribution in [0.1, 0.15) is 47.3 Å². The average molecular weight is 375 g/mol. The lowest BCUT2D eigenvalue weighted by molar-refractivity contribution is -0.325. The highest BCUT2D eigenvalue weighted by atomic mass is 17.2. The summed E-state index contributed by atoms with van der Waals surface area (Å²) in [4.78, 5) is 10.8. The van der Waals surface area contributed by atoms with E-state index in [1.165, 1.54) is 7.11 Å². The van der Waals surface area contributed by atoms with E-state index in [4.69, 9.17) is 9.78 Å². The molecule has 0 radical (unpaired) electrons. The molecule has 4 N–H and O–H groups in total. The first-order valence-corrected chi connectivity index (χ1v) is 9.02. The fourth-order valence-corrected chi connectivity index (χ4v) is 3.71. The number of aliphatic hydroxyl groups is 3. The number of likely N-dealkylation sites (N-methyl/N-ethyl adjacent to an activating group) is 1. The van der Waals surface area contributed by atoms with Crippen LogP contribution in [0.5, 0.6) is 0 Å². The van der Waals surface area contributed by atoms with Gasteiger partial charge >= 0.3 is 0 Å². The summed E-state index contributed by atoms with van der Waals surface area (Å²) in [5.74, 6) is 0. The molecule has 0 fully saturated rings. The van der Waals surface area contributed by atoms with Crippen LogP contribution in [-0.4, -0.2) is 29.5 Å². The molecule has 2 atom stereocenters. The van der Waals surface area contributed by atoms with Gasteiger partial charge in [-0.1, -0.05) is 49.4 Å². The van der Waals surface area contributed by atoms with Gasteiger partial charge < -0.3 is 20.6 Å². The van der Waals surface area contributed by atoms with E-state index in [1.54, 1.807) is 12.1 Å². The van der Waals surface area contributed by atoms with Gasteiger partial charge in [0.15, 0.2) is 0 Å². The maximum atomic E-state index is 9.76. The molecule has 0 saturated heterocycles. The topological polar surface area (TPSA) is 91.2 Å². The van der Waals surface area contributed by atoms with Crippen LogP contribution < -0.4 is 5.32 Å². The maximum absolute atomic E-state index is 9.76. The molecule has 2 aromatic rings. The van der Waals surface area contributed by atoms with E-state index < -0.39 is 11.6 Å². The van der Waals surface area contributed by atoms with Gasteiger partial charge in [-0.25, -0.2) is 9.78 Å². The smallest absolute Gasteiger partial charge is 0.140 e. The molecule has 0 aromatic heterocycles. The van der Waals surface area contributed by atoms with Gasteiger partial charge in [0.25, 0.3) is 0 Å². The van der Waals surface area contributed by atoms with Crippen LogP contribution in [0.25, 0.3) is 0 Å². The van der Waals surface area contributed by atoms with E-state index in [2.05, 4.69) is 12.2 Å². The quantitative estimate of drug-likeness (QED) is 0.376. The van der Waals surface area contributed by atoms with Crippen LogP contribution in [0.4, 0.5) is 0 Å². The van der Waals surface area contributed by atoms with Crippen molar-refractivity contribution in [3.05, 3.63) is 70.3 Å². The van der Waals surface area contributed by atoms with Crippen molar-refractivity contribution in [2.45, 2.75) is 44.8 Å². The standard InChI is InChI=1S/C21H29NO5/c1-4-21(22-2,18-8-6-5-7-9-18)20(27-26-3)15-10-16(12-23)19(14-25)17(11-15)13-24/h5-11,20,22-25H,4,12-14H2,1-3H3. The molecule has 2 aromatic carbocycles. The monoisotopic (exact) mass is 375 g/mol. The molecule has 27 heavy (non-hydrogen) atoms. The summed E-state index contributed by atoms with van der Waals surface area (Å²) in [7, 11) is 3.32. The lowest BCUT2D eigenvalue weighted by atomic mass is 9.78. The molecule has 0 bridgehead atoms. The maximum Gasteiger partial charge on any atom is 0.140 e. The fourth-order valence-electron chi connectivity index (χ4n) is 3.71. The molecule has 2 rings (SSSR count). The third kappa shape index (κ3) is 4.21. The molecule has 0 saturated carbocycles. The van der Waals surface area contributed by atoms with Crippen molar-refractivity contribution >= 4 is 0 Å². The Morgan fingerprint density at radius 2 is 1.59 bits per heavy atom. The molecular weight excluding hydrogens is 346 g/mol. The first-order valence-electron chi connectivity index (χ1n) is 9.02. The Morgan fingerprint density at radius 1 is 1.00 bits per heavy atom. The minimum Gasteiger partial charge on any atom is -0.392 e. The van der Waals surface area contributed by atoms with Crippen molar-refractivity contribution in [3.8, 4) is 0 Å². The second-order valence-electron chi connectivity index (χ2n) is 6.38. The Balaban J connectivity index is 2.68. The van der Waals surface area contributed by atoms with Gasteiger partial charge in [0, 0.05) is 0 Å². The molecule has 6 heteroatoms. The lowest BCUT2D eigenvalue weighted by Gasteiger charge is -2.40. The number of rotatable bonds is 10. The number of hydrogen-bond acceptors (Lipinski definition) is 6. The van der Waals surface area contributed by atoms with Crippen LogP contribution in [-0.2, 0) is 35.1 Å². The summed E-state index contributed by atoms with van der Waals surface area (Å²) < 4.78 is 0. The van der Waals surface area contributed by atoms with E-state index in [9.17, 15) is 15.3 Å². The van der Waals surface area contributed by atoms with E-state index in [1.807, 2.05) is 37.4 Å². The Kier molecular flexibility index (Phi) is 7.91. The molecule has 0 aliphatic carbocycles. The van der Waals surface area contributed by atoms with Crippen molar-refractivity contribution in [2.24, 2.45) is 0 Å². The highest BCUT2D eigenvalue weighted by Gasteiger charge is 2.41. The van der Waals surface area contributed by atoms with Crippen LogP contribution in [0.3, 0.4) is 0 Å². The molecule has 148 valence electrons. The summed E-state index contributed by atoms with van der Waals surface area (Å²) in [5, 5.41) is 32.5. The zero-order valence-corrected chi connectivity index (χ0v) is 16.1. The van der Waals surface area contributed by atoms with E-state index in [-0.39, 0.29) is 19.8 Å². The van der Waals surface area contributed by atoms with Gasteiger partial charge in [0.1, 0.15) is 6.10 Å². The largest absolute Gasteiger partial charge is 0.392 e. The predicted molar refractivity (Wildman–Crippen MR) is 103 cm³/mol. The van der Waals surface area contributed by atoms with Crippen molar-refractivity contribution in [3.63, 3.8) is 0 Å². The van der Waals surface area contributed by atoms with Crippen LogP contribution >= 0.6 is 0 Å². The second-order valence-corrected chi connectivity index (χ2v) is 6.38. The normalized spacial score (nSPS) is 14.7. The van der Waals surface area contributed by atoms with Crippen LogP contribution in [0.15, 0.2) is 42.5 Å². The van der Waals surface area contributed by atoms with Crippen molar-refractivity contribution in [2.75, 3.05) is 14.2 Å². The zero-order chi connectivity index (χ0) is 19.9. The van der Waals surface area contributed by atoms with E-state index in [0.717, 1.165) is 11.1 Å². The summed E-state index contributed by atoms with van der Waals surface area (Å²) >= 11 is 0. The number of nitrogens with one attached hydrogen (secondary N) is 1. The Morgan fingerprint density at radius 3 is 2.00 bits per heavy atom. The molecular formula is C21H29NO5. The van der Waals surface area contributed by atoms with Crippen LogP contribution in [0, 0.1) is 0 Å². The summed E-state index contributed by atoms with van der Waals surface area (Å²) in [6.45, 7) is 1.30. The van der Waals surface area contributed by atoms with Gasteiger partial charge in [-0.05, 0) is 41.3 Å². The first-order chi connectivity index (χ1) is 13.1. The fraction of sp³-hybridized carbons (Fsp3) is 0.429. The van der Waals surface area contributed by atoms with Gasteiger partial charge in [0.2, 0.25) is 0 Å². The minimum absolute atomic E-state index is 0.250. The Labute approximate surface area is 160 Å². The number of benzene rings is 2. The van der Waals surface area contributed by atoms with Crippen LogP contribution in [0.2, 0.25) is 0 Å². The third-order valence-electron chi connectivity index (χ3n) is 5.19. The molecule has 0 aliphatic heterocycles. The average Bonchev–Trinajstić information content (AvgIpc) is 2.73. The molecule has 0 aliphatic rings. The van der Waals surface area contributed by atoms with Gasteiger partial charge in [-0.2, -0.15) is 0 Å². The summed E-state index contributed by atoms with van der Waals surface area (Å²) in [6, 6.07) is 13.5. The van der Waals surface area contributed by atoms with Gasteiger partial charge in [-0.3, -0.25) is 0 Å². The SMILES string of the molecule is CCC(NC)(c1ccccc1)C(OOC)c1cc(CO)c(CO)c(CO)c1. The van der Waals surface area contributed by atoms with E-state index in [0.29, 0.717) is 23.1 Å². The molecule has 2 unspecified atom stereocenters. The predicted octanol–water partition coefficient (Wildman–Crippen LogP) is 2.31. The van der Waals surface area contributed by atoms with Crippen molar-refractivity contribution in [1.82, 2.24) is 5.32 Å². The van der Waals surface area contributed by atoms with Gasteiger partial charge in [0.05, 0.1) is 32.5 Å². The molecule has 0 amide bonds. The summed E-state index contributed by atoms with van der Waals surface area (Å²) in [6.07, 6.45) is 0.148. The lowest BCUT2D eigenvalue weighted by Crippen LogP contribution is -2.46. The summed E-state index contributed by atoms with van der Waals surface area (Å²) in [5.41, 5.74) is 2.81. The van der Waals surface area contributed by atoms with Crippen molar-refractivity contribution in [1.29, 1.82) is 0 Å². The highest BCUT2D eigenvalue weighted by molar-refractivity contribution is 5.41. The molecule has 0 spiro atoms. The second kappa shape index (κ2) is 9.94. The Hall–Kier alpha value is -1.80. The zero-order valence-electron chi connectivity index (χ0n) is 16.1. The first kappa shape index (κ1) is 21.5. The Bertz CT molecular complexity index is 691. The number of hydrogen-bond donors (Lipinski definition) is 4. The third-order valence-corrected chi connectivity index (χ3v) is 5.19. The van der Waals surface area contributed by atoms with E-state index >= 15 is 0 Å². The van der Waals surface area contributed by atoms with Crippen molar-refractivity contribution < 1.29 is 25.1 Å². The van der Waals surface area contributed by atoms with Gasteiger partial charge in [-0.15, -0.1) is 0 Å². The molecule has 0 heterocycles. The minimum atomic E-state index is -0.600.